The Bertz CT molecular complexity index is 2410. The molecule has 0 radical (unpaired) electrons. The van der Waals surface area contributed by atoms with Gasteiger partial charge < -0.3 is 10.1 Å². The highest BCUT2D eigenvalue weighted by Crippen LogP contribution is 2.62. The van der Waals surface area contributed by atoms with Gasteiger partial charge in [-0.2, -0.15) is 0 Å². The van der Waals surface area contributed by atoms with E-state index in [1.807, 2.05) is 24.3 Å². The molecule has 10 rings (SSSR count). The molecule has 50 heavy (non-hydrogen) atoms. The zero-order valence-electron chi connectivity index (χ0n) is 27.2. The molecule has 1 aliphatic carbocycles. The summed E-state index contributed by atoms with van der Waals surface area (Å²) >= 11 is 0. The van der Waals surface area contributed by atoms with E-state index >= 15 is 0 Å². The highest BCUT2D eigenvalue weighted by molar-refractivity contribution is 5.96. The molecule has 3 aliphatic rings. The molecule has 0 fully saturated rings. The maximum atomic E-state index is 6.71. The van der Waals surface area contributed by atoms with Crippen LogP contribution >= 0.6 is 0 Å². The molecule has 0 saturated carbocycles. The number of hydrogen-bond acceptors (Lipinski definition) is 4. The Morgan fingerprint density at radius 3 is 1.84 bits per heavy atom. The van der Waals surface area contributed by atoms with Crippen LogP contribution in [0.2, 0.25) is 0 Å². The fraction of sp³-hybridized carbons (Fsp3) is 0.0435. The van der Waals surface area contributed by atoms with Gasteiger partial charge in [0.05, 0.1) is 22.5 Å². The Balaban J connectivity index is 1.22. The molecule has 0 bridgehead atoms. The van der Waals surface area contributed by atoms with Crippen molar-refractivity contribution < 1.29 is 4.74 Å². The first-order valence-electron chi connectivity index (χ1n) is 17.1. The van der Waals surface area contributed by atoms with Gasteiger partial charge in [0, 0.05) is 34.4 Å². The van der Waals surface area contributed by atoms with Crippen LogP contribution in [0.3, 0.4) is 0 Å². The van der Waals surface area contributed by atoms with Crippen LogP contribution in [0.5, 0.6) is 11.5 Å². The summed E-state index contributed by atoms with van der Waals surface area (Å²) in [5, 5.41) is 3.74. The van der Waals surface area contributed by atoms with Crippen LogP contribution < -0.4 is 10.1 Å². The zero-order chi connectivity index (χ0) is 33.1. The number of fused-ring (bicyclic) bond motifs is 9. The van der Waals surface area contributed by atoms with Gasteiger partial charge in [0.2, 0.25) is 0 Å². The maximum absolute atomic E-state index is 6.71. The molecule has 2 aliphatic heterocycles. The molecule has 4 nitrogen and oxygen atoms in total. The van der Waals surface area contributed by atoms with E-state index in [1.165, 1.54) is 22.3 Å². The minimum Gasteiger partial charge on any atom is -0.457 e. The van der Waals surface area contributed by atoms with Crippen LogP contribution in [-0.2, 0) is 5.41 Å². The summed E-state index contributed by atoms with van der Waals surface area (Å²) in [4.78, 5) is 10.2. The van der Waals surface area contributed by atoms with Crippen molar-refractivity contribution >= 4 is 11.3 Å². The van der Waals surface area contributed by atoms with Crippen LogP contribution in [0.4, 0.5) is 0 Å². The van der Waals surface area contributed by atoms with E-state index in [0.29, 0.717) is 12.4 Å². The second-order valence-corrected chi connectivity index (χ2v) is 12.9. The van der Waals surface area contributed by atoms with Crippen LogP contribution in [-0.4, -0.2) is 16.5 Å². The predicted molar refractivity (Wildman–Crippen MR) is 201 cm³/mol. The fourth-order valence-corrected chi connectivity index (χ4v) is 8.06. The summed E-state index contributed by atoms with van der Waals surface area (Å²) in [6.07, 6.45) is 4.35. The third-order valence-electron chi connectivity index (χ3n) is 10.2. The summed E-state index contributed by atoms with van der Waals surface area (Å²) in [6, 6.07) is 55.5. The monoisotopic (exact) mass is 641 g/mol. The number of dihydropyridines is 1. The Hall–Kier alpha value is -6.52. The normalized spacial score (nSPS) is 14.6. The van der Waals surface area contributed by atoms with Gasteiger partial charge in [-0.3, -0.25) is 0 Å². The quantitative estimate of drug-likeness (QED) is 0.208. The van der Waals surface area contributed by atoms with Crippen LogP contribution in [0.1, 0.15) is 33.5 Å². The van der Waals surface area contributed by atoms with Crippen molar-refractivity contribution in [1.29, 1.82) is 0 Å². The van der Waals surface area contributed by atoms with Gasteiger partial charge in [-0.15, -0.1) is 0 Å². The molecular formula is C46H31N3O. The topological polar surface area (TPSA) is 47.0 Å². The van der Waals surface area contributed by atoms with Crippen LogP contribution in [0.15, 0.2) is 170 Å². The van der Waals surface area contributed by atoms with Gasteiger partial charge in [0.1, 0.15) is 11.5 Å². The molecule has 0 amide bonds. The Labute approximate surface area is 291 Å². The number of nitrogens with one attached hydrogen (secondary N) is 1. The van der Waals surface area contributed by atoms with Gasteiger partial charge in [-0.25, -0.2) is 9.97 Å². The summed E-state index contributed by atoms with van der Waals surface area (Å²) in [6.45, 7) is 0.716. The lowest BCUT2D eigenvalue weighted by Crippen LogP contribution is -2.32. The van der Waals surface area contributed by atoms with E-state index < -0.39 is 5.41 Å². The van der Waals surface area contributed by atoms with Crippen LogP contribution in [0.25, 0.3) is 45.0 Å². The van der Waals surface area contributed by atoms with Gasteiger partial charge >= 0.3 is 0 Å². The van der Waals surface area contributed by atoms with E-state index in [1.54, 1.807) is 0 Å². The number of allylic oxidation sites excluding steroid dienone is 2. The standard InChI is InChI=1S/C46H31N3O/c1-3-14-30(15-4-1)40-29-41(49-45(48-40)31-16-5-2-6-17-31)35-20-13-27-47-44(35)32-25-26-43-39(28-32)46(38-23-11-12-24-42(38)50-43)36-21-9-7-18-33(36)34-19-8-10-22-37(34)46/h1-26,28-29,47H,27H2. The van der Waals surface area contributed by atoms with Crippen molar-refractivity contribution in [3.63, 3.8) is 0 Å². The maximum Gasteiger partial charge on any atom is 0.160 e. The number of para-hydroxylation sites is 1. The van der Waals surface area contributed by atoms with E-state index in [0.717, 1.165) is 62.0 Å². The van der Waals surface area contributed by atoms with E-state index in [4.69, 9.17) is 14.7 Å². The molecule has 0 unspecified atom stereocenters. The van der Waals surface area contributed by atoms with Crippen molar-refractivity contribution in [2.24, 2.45) is 0 Å². The van der Waals surface area contributed by atoms with Gasteiger partial charge in [-0.05, 0) is 58.1 Å². The van der Waals surface area contributed by atoms with Crippen LogP contribution in [0, 0.1) is 0 Å². The van der Waals surface area contributed by atoms with Gasteiger partial charge in [0.15, 0.2) is 5.82 Å². The minimum atomic E-state index is -0.533. The molecule has 3 heterocycles. The summed E-state index contributed by atoms with van der Waals surface area (Å²) in [7, 11) is 0. The molecule has 0 saturated heterocycles. The molecule has 7 aromatic rings. The predicted octanol–water partition coefficient (Wildman–Crippen LogP) is 10.3. The molecule has 1 aromatic heterocycles. The Kier molecular flexibility index (Phi) is 6.43. The number of hydrogen-bond donors (Lipinski definition) is 1. The highest BCUT2D eigenvalue weighted by Gasteiger charge is 2.51. The van der Waals surface area contributed by atoms with Crippen molar-refractivity contribution in [2.45, 2.75) is 5.41 Å². The number of ether oxygens (including phenoxy) is 1. The van der Waals surface area contributed by atoms with Gasteiger partial charge in [0.25, 0.3) is 0 Å². The van der Waals surface area contributed by atoms with Crippen molar-refractivity contribution in [1.82, 2.24) is 15.3 Å². The lowest BCUT2D eigenvalue weighted by Gasteiger charge is -2.39. The average molecular weight is 642 g/mol. The third-order valence-corrected chi connectivity index (χ3v) is 10.2. The number of nitrogens with zero attached hydrogens (tertiary/aromatic N) is 2. The van der Waals surface area contributed by atoms with E-state index in [9.17, 15) is 0 Å². The third kappa shape index (κ3) is 4.25. The molecule has 4 heteroatoms. The SMILES string of the molecule is C1=CC(c2cc(-c3ccccc3)nc(-c3ccccc3)n2)=C(c2ccc3c(c2)C2(c4ccccc4O3)c3ccccc3-c3ccccc32)NC1. The molecular weight excluding hydrogens is 611 g/mol. The van der Waals surface area contributed by atoms with Crippen molar-refractivity contribution in [3.05, 3.63) is 203 Å². The second kappa shape index (κ2) is 11.3. The highest BCUT2D eigenvalue weighted by atomic mass is 16.5. The molecule has 1 N–H and O–H groups in total. The molecule has 236 valence electrons. The van der Waals surface area contributed by atoms with E-state index in [2.05, 4.69) is 151 Å². The largest absolute Gasteiger partial charge is 0.457 e. The zero-order valence-corrected chi connectivity index (χ0v) is 27.2. The smallest absolute Gasteiger partial charge is 0.160 e. The fourth-order valence-electron chi connectivity index (χ4n) is 8.06. The molecule has 0 atom stereocenters. The second-order valence-electron chi connectivity index (χ2n) is 12.9. The average Bonchev–Trinajstić information content (AvgIpc) is 3.49. The molecule has 1 spiro atoms. The minimum absolute atomic E-state index is 0.533. The number of aromatic nitrogens is 2. The molecule has 6 aromatic carbocycles. The first kappa shape index (κ1) is 28.5. The lowest BCUT2D eigenvalue weighted by molar-refractivity contribution is 0.436. The Morgan fingerprint density at radius 1 is 0.500 bits per heavy atom. The first-order valence-corrected chi connectivity index (χ1v) is 17.1. The summed E-state index contributed by atoms with van der Waals surface area (Å²) in [5.41, 5.74) is 13.7. The summed E-state index contributed by atoms with van der Waals surface area (Å²) < 4.78 is 6.71. The van der Waals surface area contributed by atoms with Gasteiger partial charge in [-0.1, -0.05) is 140 Å². The Morgan fingerprint density at radius 2 is 1.10 bits per heavy atom. The first-order chi connectivity index (χ1) is 24.8. The number of benzene rings is 6. The van der Waals surface area contributed by atoms with E-state index in [-0.39, 0.29) is 0 Å². The summed E-state index contributed by atoms with van der Waals surface area (Å²) in [5.74, 6) is 2.45. The van der Waals surface area contributed by atoms with Crippen molar-refractivity contribution in [2.75, 3.05) is 6.54 Å². The van der Waals surface area contributed by atoms with Crippen molar-refractivity contribution in [3.8, 4) is 45.3 Å². The number of rotatable bonds is 4. The lowest BCUT2D eigenvalue weighted by atomic mass is 9.66.